The Morgan fingerprint density at radius 1 is 1.20 bits per heavy atom. The van der Waals surface area contributed by atoms with Crippen LogP contribution in [0.3, 0.4) is 0 Å². The van der Waals surface area contributed by atoms with Crippen LogP contribution in [0.4, 0.5) is 0 Å². The van der Waals surface area contributed by atoms with Crippen LogP contribution in [-0.4, -0.2) is 47.1 Å². The minimum atomic E-state index is -0.728. The zero-order valence-corrected chi connectivity index (χ0v) is 16.6. The van der Waals surface area contributed by atoms with Crippen molar-refractivity contribution in [3.8, 4) is 5.75 Å². The zero-order valence-electron chi connectivity index (χ0n) is 16.6. The summed E-state index contributed by atoms with van der Waals surface area (Å²) in [5, 5.41) is 6.71. The summed E-state index contributed by atoms with van der Waals surface area (Å²) in [6.07, 6.45) is 5.26. The van der Waals surface area contributed by atoms with Gasteiger partial charge in [0, 0.05) is 38.1 Å². The van der Waals surface area contributed by atoms with Crippen LogP contribution in [0.1, 0.15) is 21.6 Å². The van der Waals surface area contributed by atoms with Crippen molar-refractivity contribution in [1.29, 1.82) is 0 Å². The standard InChI is InChI=1S/C22H22N4O4/c1-29-18-6-2-4-16(10-18)11-22(21(28)24-13-17-5-3-8-23-12-17)14-26(15-22)20(27)19-7-9-30-25-19/h2-10,12H,11,13-15H2,1H3,(H,24,28). The third-order valence-corrected chi connectivity index (χ3v) is 5.27. The van der Waals surface area contributed by atoms with E-state index in [1.807, 2.05) is 36.4 Å². The largest absolute Gasteiger partial charge is 0.497 e. The molecule has 154 valence electrons. The van der Waals surface area contributed by atoms with E-state index in [4.69, 9.17) is 9.26 Å². The third-order valence-electron chi connectivity index (χ3n) is 5.27. The second kappa shape index (κ2) is 8.36. The molecule has 1 aliphatic rings. The number of aromatic nitrogens is 2. The van der Waals surface area contributed by atoms with Gasteiger partial charge in [-0.15, -0.1) is 0 Å². The molecule has 8 nitrogen and oxygen atoms in total. The average Bonchev–Trinajstić information content (AvgIpc) is 3.29. The van der Waals surface area contributed by atoms with E-state index < -0.39 is 5.41 Å². The predicted octanol–water partition coefficient (Wildman–Crippen LogP) is 2.08. The SMILES string of the molecule is COc1cccc(CC2(C(=O)NCc3cccnc3)CN(C(=O)c3ccon3)C2)c1. The number of amides is 2. The highest BCUT2D eigenvalue weighted by Gasteiger charge is 2.51. The number of rotatable bonds is 7. The monoisotopic (exact) mass is 406 g/mol. The van der Waals surface area contributed by atoms with E-state index in [0.29, 0.717) is 26.1 Å². The molecule has 1 N–H and O–H groups in total. The zero-order chi connectivity index (χ0) is 21.0. The summed E-state index contributed by atoms with van der Waals surface area (Å²) < 4.78 is 10.1. The molecule has 3 aromatic rings. The summed E-state index contributed by atoms with van der Waals surface area (Å²) in [5.74, 6) is 0.386. The third kappa shape index (κ3) is 4.03. The molecule has 2 aromatic heterocycles. The number of likely N-dealkylation sites (tertiary alicyclic amines) is 1. The molecule has 1 fully saturated rings. The molecular weight excluding hydrogens is 384 g/mol. The van der Waals surface area contributed by atoms with Gasteiger partial charge in [0.25, 0.3) is 5.91 Å². The van der Waals surface area contributed by atoms with Crippen molar-refractivity contribution in [3.05, 3.63) is 77.9 Å². The molecule has 0 aliphatic carbocycles. The second-order valence-corrected chi connectivity index (χ2v) is 7.40. The van der Waals surface area contributed by atoms with Gasteiger partial charge in [-0.25, -0.2) is 0 Å². The molecule has 1 aliphatic heterocycles. The number of pyridine rings is 1. The van der Waals surface area contributed by atoms with Crippen molar-refractivity contribution in [2.24, 2.45) is 5.41 Å². The number of hydrogen-bond donors (Lipinski definition) is 1. The quantitative estimate of drug-likeness (QED) is 0.645. The number of nitrogens with one attached hydrogen (secondary N) is 1. The molecular formula is C22H22N4O4. The first kappa shape index (κ1) is 19.6. The molecule has 0 bridgehead atoms. The predicted molar refractivity (Wildman–Crippen MR) is 108 cm³/mol. The second-order valence-electron chi connectivity index (χ2n) is 7.40. The number of ether oxygens (including phenoxy) is 1. The van der Waals surface area contributed by atoms with Gasteiger partial charge < -0.3 is 19.5 Å². The first-order chi connectivity index (χ1) is 14.6. The van der Waals surface area contributed by atoms with Crippen molar-refractivity contribution in [1.82, 2.24) is 20.4 Å². The van der Waals surface area contributed by atoms with Crippen molar-refractivity contribution >= 4 is 11.8 Å². The molecule has 0 unspecified atom stereocenters. The highest BCUT2D eigenvalue weighted by molar-refractivity contribution is 5.95. The van der Waals surface area contributed by atoms with Crippen molar-refractivity contribution < 1.29 is 18.8 Å². The highest BCUT2D eigenvalue weighted by atomic mass is 16.5. The minimum Gasteiger partial charge on any atom is -0.497 e. The van der Waals surface area contributed by atoms with E-state index in [1.165, 1.54) is 12.3 Å². The van der Waals surface area contributed by atoms with Gasteiger partial charge in [0.1, 0.15) is 12.0 Å². The summed E-state index contributed by atoms with van der Waals surface area (Å²) >= 11 is 0. The van der Waals surface area contributed by atoms with Gasteiger partial charge in [0.2, 0.25) is 5.91 Å². The Kier molecular flexibility index (Phi) is 5.47. The Hall–Kier alpha value is -3.68. The lowest BCUT2D eigenvalue weighted by Gasteiger charge is -2.48. The number of hydrogen-bond acceptors (Lipinski definition) is 6. The van der Waals surface area contributed by atoms with E-state index >= 15 is 0 Å². The Morgan fingerprint density at radius 2 is 2.03 bits per heavy atom. The van der Waals surface area contributed by atoms with Crippen LogP contribution in [0.15, 0.2) is 65.6 Å². The number of carbonyl (C=O) groups is 2. The normalized spacial score (nSPS) is 14.6. The first-order valence-corrected chi connectivity index (χ1v) is 9.59. The minimum absolute atomic E-state index is 0.0987. The molecule has 4 rings (SSSR count). The van der Waals surface area contributed by atoms with E-state index in [9.17, 15) is 9.59 Å². The van der Waals surface area contributed by atoms with Gasteiger partial charge in [0.05, 0.1) is 12.5 Å². The number of nitrogens with zero attached hydrogens (tertiary/aromatic N) is 3. The van der Waals surface area contributed by atoms with Gasteiger partial charge in [0.15, 0.2) is 5.69 Å². The van der Waals surface area contributed by atoms with Crippen LogP contribution in [0, 0.1) is 5.41 Å². The fraction of sp³-hybridized carbons (Fsp3) is 0.273. The van der Waals surface area contributed by atoms with E-state index in [1.54, 1.807) is 24.4 Å². The fourth-order valence-electron chi connectivity index (χ4n) is 3.69. The Balaban J connectivity index is 1.51. The molecule has 8 heteroatoms. The van der Waals surface area contributed by atoms with Crippen molar-refractivity contribution in [2.75, 3.05) is 20.2 Å². The molecule has 3 heterocycles. The summed E-state index contributed by atoms with van der Waals surface area (Å²) in [5.41, 5.74) is 1.39. The van der Waals surface area contributed by atoms with Gasteiger partial charge in [-0.1, -0.05) is 23.4 Å². The first-order valence-electron chi connectivity index (χ1n) is 9.59. The molecule has 0 spiro atoms. The van der Waals surface area contributed by atoms with E-state index in [2.05, 4.69) is 15.5 Å². The van der Waals surface area contributed by atoms with Gasteiger partial charge in [-0.2, -0.15) is 0 Å². The fourth-order valence-corrected chi connectivity index (χ4v) is 3.69. The highest BCUT2D eigenvalue weighted by Crippen LogP contribution is 2.36. The maximum atomic E-state index is 13.2. The summed E-state index contributed by atoms with van der Waals surface area (Å²) in [7, 11) is 1.61. The van der Waals surface area contributed by atoms with Crippen LogP contribution in [-0.2, 0) is 17.8 Å². The molecule has 1 saturated heterocycles. The summed E-state index contributed by atoms with van der Waals surface area (Å²) in [6, 6.07) is 12.9. The van der Waals surface area contributed by atoms with Gasteiger partial charge in [-0.3, -0.25) is 14.6 Å². The van der Waals surface area contributed by atoms with Crippen molar-refractivity contribution in [3.63, 3.8) is 0 Å². The summed E-state index contributed by atoms with van der Waals surface area (Å²) in [6.45, 7) is 0.979. The lowest BCUT2D eigenvalue weighted by molar-refractivity contribution is -0.139. The van der Waals surface area contributed by atoms with E-state index in [-0.39, 0.29) is 17.5 Å². The van der Waals surface area contributed by atoms with Crippen LogP contribution in [0.25, 0.3) is 0 Å². The van der Waals surface area contributed by atoms with Gasteiger partial charge >= 0.3 is 0 Å². The maximum absolute atomic E-state index is 13.2. The molecule has 0 radical (unpaired) electrons. The lowest BCUT2D eigenvalue weighted by atomic mass is 9.73. The van der Waals surface area contributed by atoms with Crippen LogP contribution in [0.5, 0.6) is 5.75 Å². The number of benzene rings is 1. The molecule has 2 amide bonds. The maximum Gasteiger partial charge on any atom is 0.276 e. The van der Waals surface area contributed by atoms with E-state index in [0.717, 1.165) is 16.9 Å². The molecule has 30 heavy (non-hydrogen) atoms. The topological polar surface area (TPSA) is 97.6 Å². The smallest absolute Gasteiger partial charge is 0.276 e. The van der Waals surface area contributed by atoms with Crippen LogP contribution in [0.2, 0.25) is 0 Å². The van der Waals surface area contributed by atoms with Crippen LogP contribution >= 0.6 is 0 Å². The Bertz CT molecular complexity index is 1010. The molecule has 0 saturated carbocycles. The summed E-state index contributed by atoms with van der Waals surface area (Å²) in [4.78, 5) is 31.5. The Morgan fingerprint density at radius 3 is 2.73 bits per heavy atom. The van der Waals surface area contributed by atoms with Crippen molar-refractivity contribution in [2.45, 2.75) is 13.0 Å². The molecule has 1 aromatic carbocycles. The number of carbonyl (C=O) groups excluding carboxylic acids is 2. The van der Waals surface area contributed by atoms with Crippen LogP contribution < -0.4 is 10.1 Å². The average molecular weight is 406 g/mol. The Labute approximate surface area is 173 Å². The van der Waals surface area contributed by atoms with Gasteiger partial charge in [-0.05, 0) is 35.7 Å². The lowest BCUT2D eigenvalue weighted by Crippen LogP contribution is -2.65. The molecule has 0 atom stereocenters. The number of methoxy groups -OCH3 is 1.